The van der Waals surface area contributed by atoms with Gasteiger partial charge in [0, 0.05) is 13.2 Å². The van der Waals surface area contributed by atoms with Crippen LogP contribution in [0.15, 0.2) is 24.5 Å². The third-order valence-electron chi connectivity index (χ3n) is 2.91. The zero-order valence-electron chi connectivity index (χ0n) is 12.0. The van der Waals surface area contributed by atoms with Crippen molar-refractivity contribution in [1.29, 1.82) is 0 Å². The fourth-order valence-electron chi connectivity index (χ4n) is 2.06. The average molecular weight is 288 g/mol. The van der Waals surface area contributed by atoms with Crippen LogP contribution in [0, 0.1) is 13.8 Å². The van der Waals surface area contributed by atoms with E-state index < -0.39 is 12.0 Å². The van der Waals surface area contributed by atoms with Crippen LogP contribution in [0.2, 0.25) is 0 Å². The van der Waals surface area contributed by atoms with E-state index in [2.05, 4.69) is 15.7 Å². The molecule has 0 spiro atoms. The Kier molecular flexibility index (Phi) is 3.93. The van der Waals surface area contributed by atoms with E-state index in [1.54, 1.807) is 31.8 Å². The highest BCUT2D eigenvalue weighted by Gasteiger charge is 2.16. The number of aromatic nitrogens is 2. The molecule has 0 aliphatic rings. The predicted molar refractivity (Wildman–Crippen MR) is 78.7 cm³/mol. The van der Waals surface area contributed by atoms with E-state index >= 15 is 0 Å². The van der Waals surface area contributed by atoms with Crippen LogP contribution in [0.5, 0.6) is 0 Å². The Bertz CT molecular complexity index is 706. The molecule has 2 amide bonds. The number of rotatable bonds is 3. The van der Waals surface area contributed by atoms with E-state index in [4.69, 9.17) is 0 Å². The Hall–Kier alpha value is -2.83. The fourth-order valence-corrected chi connectivity index (χ4v) is 2.06. The topological polar surface area (TPSA) is 96.3 Å². The molecule has 0 saturated carbocycles. The molecule has 0 atom stereocenters. The Labute approximate surface area is 121 Å². The van der Waals surface area contributed by atoms with Gasteiger partial charge in [0.2, 0.25) is 0 Å². The first-order chi connectivity index (χ1) is 9.86. The van der Waals surface area contributed by atoms with E-state index in [1.165, 1.54) is 12.3 Å². The lowest BCUT2D eigenvalue weighted by atomic mass is 10.0. The lowest BCUT2D eigenvalue weighted by Crippen LogP contribution is -2.21. The van der Waals surface area contributed by atoms with Gasteiger partial charge in [-0.05, 0) is 31.0 Å². The number of nitrogens with zero attached hydrogens (tertiary/aromatic N) is 2. The average Bonchev–Trinajstić information content (AvgIpc) is 2.77. The fraction of sp³-hybridized carbons (Fsp3) is 0.214. The first-order valence-electron chi connectivity index (χ1n) is 6.28. The van der Waals surface area contributed by atoms with Crippen molar-refractivity contribution in [1.82, 2.24) is 9.78 Å². The zero-order chi connectivity index (χ0) is 15.6. The molecule has 7 nitrogen and oxygen atoms in total. The molecule has 0 unspecified atom stereocenters. The Morgan fingerprint density at radius 3 is 2.52 bits per heavy atom. The quantitative estimate of drug-likeness (QED) is 0.807. The predicted octanol–water partition coefficient (Wildman–Crippen LogP) is 2.38. The van der Waals surface area contributed by atoms with Gasteiger partial charge >= 0.3 is 12.0 Å². The number of aryl methyl sites for hydroxylation is 3. The van der Waals surface area contributed by atoms with Gasteiger partial charge in [-0.15, -0.1) is 0 Å². The Balaban J connectivity index is 2.22. The normalized spacial score (nSPS) is 10.2. The third kappa shape index (κ3) is 3.38. The third-order valence-corrected chi connectivity index (χ3v) is 2.91. The van der Waals surface area contributed by atoms with Crippen LogP contribution >= 0.6 is 0 Å². The zero-order valence-corrected chi connectivity index (χ0v) is 12.0. The SMILES string of the molecule is Cc1cc(C)c(NC(=O)Nc2cnn(C)c2)c(C(=O)O)c1. The van der Waals surface area contributed by atoms with Gasteiger partial charge < -0.3 is 15.7 Å². The molecule has 2 aromatic rings. The van der Waals surface area contributed by atoms with Crippen LogP contribution in [0.25, 0.3) is 0 Å². The molecule has 1 aromatic heterocycles. The van der Waals surface area contributed by atoms with E-state index in [-0.39, 0.29) is 11.3 Å². The van der Waals surface area contributed by atoms with Crippen molar-refractivity contribution in [2.24, 2.45) is 7.05 Å². The second-order valence-corrected chi connectivity index (χ2v) is 4.79. The highest BCUT2D eigenvalue weighted by molar-refractivity contribution is 6.05. The van der Waals surface area contributed by atoms with Crippen molar-refractivity contribution in [2.75, 3.05) is 10.6 Å². The van der Waals surface area contributed by atoms with Gasteiger partial charge in [0.25, 0.3) is 0 Å². The molecule has 0 radical (unpaired) electrons. The van der Waals surface area contributed by atoms with Crippen molar-refractivity contribution < 1.29 is 14.7 Å². The number of benzene rings is 1. The molecule has 0 fully saturated rings. The summed E-state index contributed by atoms with van der Waals surface area (Å²) in [6.45, 7) is 3.55. The highest BCUT2D eigenvalue weighted by atomic mass is 16.4. The minimum absolute atomic E-state index is 0.0637. The molecule has 21 heavy (non-hydrogen) atoms. The number of hydrogen-bond donors (Lipinski definition) is 3. The summed E-state index contributed by atoms with van der Waals surface area (Å²) in [4.78, 5) is 23.2. The minimum atomic E-state index is -1.08. The molecule has 0 aliphatic heterocycles. The van der Waals surface area contributed by atoms with Crippen LogP contribution in [0.1, 0.15) is 21.5 Å². The largest absolute Gasteiger partial charge is 0.478 e. The van der Waals surface area contributed by atoms with Crippen molar-refractivity contribution in [3.8, 4) is 0 Å². The van der Waals surface area contributed by atoms with Crippen LogP contribution in [0.4, 0.5) is 16.2 Å². The maximum atomic E-state index is 12.0. The number of anilines is 2. The minimum Gasteiger partial charge on any atom is -0.478 e. The van der Waals surface area contributed by atoms with E-state index in [1.807, 2.05) is 6.07 Å². The number of carboxylic acids is 1. The van der Waals surface area contributed by atoms with Crippen molar-refractivity contribution >= 4 is 23.4 Å². The summed E-state index contributed by atoms with van der Waals surface area (Å²) in [5, 5.41) is 18.3. The standard InChI is InChI=1S/C14H16N4O3/c1-8-4-9(2)12(11(5-8)13(19)20)17-14(21)16-10-6-15-18(3)7-10/h4-7H,1-3H3,(H,19,20)(H2,16,17,21). The van der Waals surface area contributed by atoms with Gasteiger partial charge in [0.15, 0.2) is 0 Å². The van der Waals surface area contributed by atoms with Crippen LogP contribution in [0.3, 0.4) is 0 Å². The second kappa shape index (κ2) is 5.66. The van der Waals surface area contributed by atoms with E-state index in [9.17, 15) is 14.7 Å². The van der Waals surface area contributed by atoms with Crippen molar-refractivity contribution in [2.45, 2.75) is 13.8 Å². The van der Waals surface area contributed by atoms with Crippen LogP contribution < -0.4 is 10.6 Å². The number of aromatic carboxylic acids is 1. The lowest BCUT2D eigenvalue weighted by molar-refractivity contribution is 0.0698. The Morgan fingerprint density at radius 1 is 1.24 bits per heavy atom. The first-order valence-corrected chi connectivity index (χ1v) is 6.28. The smallest absolute Gasteiger partial charge is 0.337 e. The molecule has 7 heteroatoms. The molecule has 0 aliphatic carbocycles. The first kappa shape index (κ1) is 14.6. The molecular weight excluding hydrogens is 272 g/mol. The number of nitrogens with one attached hydrogen (secondary N) is 2. The molecule has 3 N–H and O–H groups in total. The summed E-state index contributed by atoms with van der Waals surface area (Å²) in [6.07, 6.45) is 3.14. The van der Waals surface area contributed by atoms with Crippen molar-refractivity contribution in [3.63, 3.8) is 0 Å². The summed E-state index contributed by atoms with van der Waals surface area (Å²) >= 11 is 0. The molecule has 2 rings (SSSR count). The van der Waals surface area contributed by atoms with E-state index in [0.29, 0.717) is 11.3 Å². The maximum Gasteiger partial charge on any atom is 0.337 e. The maximum absolute atomic E-state index is 12.0. The van der Waals surface area contributed by atoms with Gasteiger partial charge in [0.1, 0.15) is 0 Å². The molecule has 1 heterocycles. The van der Waals surface area contributed by atoms with Crippen LogP contribution in [-0.2, 0) is 7.05 Å². The van der Waals surface area contributed by atoms with Gasteiger partial charge in [-0.3, -0.25) is 4.68 Å². The molecule has 0 bridgehead atoms. The summed E-state index contributed by atoms with van der Waals surface area (Å²) in [5.41, 5.74) is 2.39. The number of hydrogen-bond acceptors (Lipinski definition) is 3. The molecule has 0 saturated heterocycles. The highest BCUT2D eigenvalue weighted by Crippen LogP contribution is 2.23. The van der Waals surface area contributed by atoms with Gasteiger partial charge in [-0.1, -0.05) is 6.07 Å². The van der Waals surface area contributed by atoms with E-state index in [0.717, 1.165) is 5.56 Å². The lowest BCUT2D eigenvalue weighted by Gasteiger charge is -2.13. The number of urea groups is 1. The molecular formula is C14H16N4O3. The Morgan fingerprint density at radius 2 is 1.95 bits per heavy atom. The molecule has 1 aromatic carbocycles. The second-order valence-electron chi connectivity index (χ2n) is 4.79. The van der Waals surface area contributed by atoms with Gasteiger partial charge in [-0.2, -0.15) is 5.10 Å². The number of carbonyl (C=O) groups excluding carboxylic acids is 1. The number of carboxylic acid groups (broad SMARTS) is 1. The number of amides is 2. The van der Waals surface area contributed by atoms with Gasteiger partial charge in [-0.25, -0.2) is 9.59 Å². The summed E-state index contributed by atoms with van der Waals surface area (Å²) < 4.78 is 1.55. The van der Waals surface area contributed by atoms with Gasteiger partial charge in [0.05, 0.1) is 23.1 Å². The summed E-state index contributed by atoms with van der Waals surface area (Å²) in [6, 6.07) is 2.82. The van der Waals surface area contributed by atoms with Crippen molar-refractivity contribution in [3.05, 3.63) is 41.2 Å². The number of carbonyl (C=O) groups is 2. The monoisotopic (exact) mass is 288 g/mol. The summed E-state index contributed by atoms with van der Waals surface area (Å²) in [7, 11) is 1.73. The summed E-state index contributed by atoms with van der Waals surface area (Å²) in [5.74, 6) is -1.08. The van der Waals surface area contributed by atoms with Crippen LogP contribution in [-0.4, -0.2) is 26.9 Å². The molecule has 110 valence electrons.